The number of H-pyrrole nitrogens is 1. The molecule has 0 aliphatic rings. The second-order valence-electron chi connectivity index (χ2n) is 5.62. The number of anilines is 2. The van der Waals surface area contributed by atoms with Crippen molar-refractivity contribution in [2.45, 2.75) is 6.92 Å². The third-order valence-corrected chi connectivity index (χ3v) is 4.49. The van der Waals surface area contributed by atoms with E-state index in [1.165, 1.54) is 7.05 Å². The van der Waals surface area contributed by atoms with Crippen molar-refractivity contribution < 1.29 is 9.31 Å². The Balaban J connectivity index is 2.20. The molecule has 1 heterocycles. The fourth-order valence-electron chi connectivity index (χ4n) is 2.47. The Labute approximate surface area is 160 Å². The van der Waals surface area contributed by atoms with E-state index in [9.17, 15) is 19.3 Å². The molecule has 10 heteroatoms. The van der Waals surface area contributed by atoms with Gasteiger partial charge in [-0.05, 0) is 53.3 Å². The molecule has 0 saturated heterocycles. The minimum Gasteiger partial charge on any atom is -0.355 e. The van der Waals surface area contributed by atoms with E-state index in [4.69, 9.17) is 0 Å². The van der Waals surface area contributed by atoms with Gasteiger partial charge in [0, 0.05) is 34.0 Å². The fourth-order valence-corrected chi connectivity index (χ4v) is 3.11. The van der Waals surface area contributed by atoms with E-state index < -0.39 is 22.0 Å². The maximum atomic E-state index is 14.2. The van der Waals surface area contributed by atoms with Gasteiger partial charge in [-0.2, -0.15) is 9.49 Å². The van der Waals surface area contributed by atoms with Crippen LogP contribution in [0.1, 0.15) is 5.56 Å². The van der Waals surface area contributed by atoms with E-state index in [2.05, 4.69) is 38.2 Å². The van der Waals surface area contributed by atoms with Gasteiger partial charge in [0.05, 0.1) is 10.6 Å². The molecule has 0 spiro atoms. The highest BCUT2D eigenvalue weighted by Crippen LogP contribution is 2.34. The zero-order valence-electron chi connectivity index (χ0n) is 13.7. The first kappa shape index (κ1) is 18.0. The maximum absolute atomic E-state index is 14.2. The SMILES string of the molecule is Cc1cc(I)ccc1Nc1cc(F)c([N+](=O)[O-])cc1-c1n[nH]n(C)c1=O. The topological polar surface area (TPSA) is 106 Å². The average Bonchev–Trinajstić information content (AvgIpc) is 2.89. The van der Waals surface area contributed by atoms with E-state index in [1.54, 1.807) is 0 Å². The Morgan fingerprint density at radius 1 is 1.31 bits per heavy atom. The Kier molecular flexibility index (Phi) is 4.76. The largest absolute Gasteiger partial charge is 0.355 e. The molecule has 2 aromatic carbocycles. The lowest BCUT2D eigenvalue weighted by Crippen LogP contribution is -2.14. The summed E-state index contributed by atoms with van der Waals surface area (Å²) in [4.78, 5) is 22.5. The minimum absolute atomic E-state index is 0.0405. The zero-order chi connectivity index (χ0) is 19.0. The molecule has 3 aromatic rings. The molecule has 8 nitrogen and oxygen atoms in total. The Hall–Kier alpha value is -2.76. The summed E-state index contributed by atoms with van der Waals surface area (Å²) in [5.41, 5.74) is 0.688. The predicted molar refractivity (Wildman–Crippen MR) is 103 cm³/mol. The first-order chi connectivity index (χ1) is 12.3. The lowest BCUT2D eigenvalue weighted by Gasteiger charge is -2.13. The number of benzene rings is 2. The number of nitrogens with zero attached hydrogens (tertiary/aromatic N) is 3. The van der Waals surface area contributed by atoms with Crippen LogP contribution in [-0.2, 0) is 7.05 Å². The third kappa shape index (κ3) is 3.31. The van der Waals surface area contributed by atoms with Gasteiger partial charge in [-0.15, -0.1) is 0 Å². The van der Waals surface area contributed by atoms with Gasteiger partial charge in [0.15, 0.2) is 5.69 Å². The summed E-state index contributed by atoms with van der Waals surface area (Å²) in [6.45, 7) is 1.87. The second kappa shape index (κ2) is 6.86. The van der Waals surface area contributed by atoms with E-state index in [0.29, 0.717) is 5.69 Å². The summed E-state index contributed by atoms with van der Waals surface area (Å²) in [6.07, 6.45) is 0. The number of rotatable bonds is 4. The van der Waals surface area contributed by atoms with Gasteiger partial charge in [-0.3, -0.25) is 14.9 Å². The van der Waals surface area contributed by atoms with Crippen molar-refractivity contribution in [3.8, 4) is 11.3 Å². The normalized spacial score (nSPS) is 10.8. The molecule has 0 saturated carbocycles. The number of nitro groups is 1. The van der Waals surface area contributed by atoms with Gasteiger partial charge in [0.1, 0.15) is 0 Å². The summed E-state index contributed by atoms with van der Waals surface area (Å²) in [6, 6.07) is 7.61. The fraction of sp³-hybridized carbons (Fsp3) is 0.125. The first-order valence-electron chi connectivity index (χ1n) is 7.41. The molecule has 0 bridgehead atoms. The molecule has 0 aliphatic carbocycles. The quantitative estimate of drug-likeness (QED) is 0.346. The van der Waals surface area contributed by atoms with Crippen LogP contribution in [0.25, 0.3) is 11.3 Å². The van der Waals surface area contributed by atoms with Crippen LogP contribution in [0.2, 0.25) is 0 Å². The number of hydrogen-bond acceptors (Lipinski definition) is 5. The van der Waals surface area contributed by atoms with Crippen LogP contribution in [0.15, 0.2) is 35.1 Å². The zero-order valence-corrected chi connectivity index (χ0v) is 15.9. The van der Waals surface area contributed by atoms with Crippen LogP contribution < -0.4 is 10.9 Å². The van der Waals surface area contributed by atoms with Gasteiger partial charge >= 0.3 is 5.69 Å². The highest BCUT2D eigenvalue weighted by molar-refractivity contribution is 14.1. The molecule has 0 amide bonds. The monoisotopic (exact) mass is 469 g/mol. The number of hydrogen-bond donors (Lipinski definition) is 2. The summed E-state index contributed by atoms with van der Waals surface area (Å²) in [5.74, 6) is -1.00. The Bertz CT molecular complexity index is 1080. The summed E-state index contributed by atoms with van der Waals surface area (Å²) < 4.78 is 16.3. The molecular formula is C16H13FIN5O3. The Morgan fingerprint density at radius 3 is 2.62 bits per heavy atom. The minimum atomic E-state index is -1.00. The van der Waals surface area contributed by atoms with Crippen LogP contribution in [0.3, 0.4) is 0 Å². The maximum Gasteiger partial charge on any atom is 0.305 e. The Morgan fingerprint density at radius 2 is 2.04 bits per heavy atom. The van der Waals surface area contributed by atoms with Crippen LogP contribution in [-0.4, -0.2) is 19.9 Å². The van der Waals surface area contributed by atoms with Gasteiger partial charge in [0.25, 0.3) is 5.56 Å². The van der Waals surface area contributed by atoms with Crippen molar-refractivity contribution in [1.29, 1.82) is 0 Å². The molecule has 0 aliphatic heterocycles. The standard InChI is InChI=1S/C16H13FIN5O3/c1-8-5-9(18)3-4-12(8)19-13-7-11(17)14(23(25)26)6-10(13)15-16(24)22(2)21-20-15/h3-7,19,21H,1-2H3. The molecule has 0 atom stereocenters. The molecule has 26 heavy (non-hydrogen) atoms. The predicted octanol–water partition coefficient (Wildman–Crippen LogP) is 3.48. The van der Waals surface area contributed by atoms with E-state index in [-0.39, 0.29) is 16.9 Å². The summed E-state index contributed by atoms with van der Waals surface area (Å²) in [5, 5.41) is 20.5. The van der Waals surface area contributed by atoms with Gasteiger partial charge < -0.3 is 5.32 Å². The lowest BCUT2D eigenvalue weighted by atomic mass is 10.1. The highest BCUT2D eigenvalue weighted by atomic mass is 127. The lowest BCUT2D eigenvalue weighted by molar-refractivity contribution is -0.387. The molecule has 134 valence electrons. The van der Waals surface area contributed by atoms with Crippen LogP contribution in [0.4, 0.5) is 21.5 Å². The average molecular weight is 469 g/mol. The number of nitro benzene ring substituents is 1. The number of halogens is 2. The van der Waals surface area contributed by atoms with Crippen molar-refractivity contribution in [2.24, 2.45) is 7.05 Å². The van der Waals surface area contributed by atoms with Crippen LogP contribution >= 0.6 is 22.6 Å². The number of aromatic nitrogens is 3. The number of aromatic amines is 1. The van der Waals surface area contributed by atoms with E-state index in [1.807, 2.05) is 25.1 Å². The van der Waals surface area contributed by atoms with Crippen molar-refractivity contribution in [1.82, 2.24) is 15.0 Å². The van der Waals surface area contributed by atoms with Crippen molar-refractivity contribution in [2.75, 3.05) is 5.32 Å². The van der Waals surface area contributed by atoms with Gasteiger partial charge in [-0.25, -0.2) is 9.90 Å². The first-order valence-corrected chi connectivity index (χ1v) is 8.48. The molecule has 0 unspecified atom stereocenters. The van der Waals surface area contributed by atoms with E-state index in [0.717, 1.165) is 25.9 Å². The summed E-state index contributed by atoms with van der Waals surface area (Å²) >= 11 is 2.17. The smallest absolute Gasteiger partial charge is 0.305 e. The molecule has 0 radical (unpaired) electrons. The van der Waals surface area contributed by atoms with Crippen LogP contribution in [0.5, 0.6) is 0 Å². The molecule has 0 fully saturated rings. The number of aryl methyl sites for hydroxylation is 2. The van der Waals surface area contributed by atoms with Crippen molar-refractivity contribution in [3.05, 3.63) is 65.8 Å². The second-order valence-corrected chi connectivity index (χ2v) is 6.86. The van der Waals surface area contributed by atoms with Gasteiger partial charge in [-0.1, -0.05) is 0 Å². The summed E-state index contributed by atoms with van der Waals surface area (Å²) in [7, 11) is 1.47. The van der Waals surface area contributed by atoms with Crippen LogP contribution in [0, 0.1) is 26.4 Å². The number of nitrogens with one attached hydrogen (secondary N) is 2. The molecule has 1 aromatic heterocycles. The van der Waals surface area contributed by atoms with Crippen molar-refractivity contribution >= 4 is 39.7 Å². The third-order valence-electron chi connectivity index (χ3n) is 3.82. The van der Waals surface area contributed by atoms with Gasteiger partial charge in [0.2, 0.25) is 5.82 Å². The molecule has 3 rings (SSSR count). The van der Waals surface area contributed by atoms with E-state index >= 15 is 0 Å². The molecular weight excluding hydrogens is 456 g/mol. The highest BCUT2D eigenvalue weighted by Gasteiger charge is 2.23. The van der Waals surface area contributed by atoms with Crippen molar-refractivity contribution in [3.63, 3.8) is 0 Å². The molecule has 2 N–H and O–H groups in total.